The molecule has 0 aromatic heterocycles. The van der Waals surface area contributed by atoms with Crippen LogP contribution in [0.5, 0.6) is 0 Å². The summed E-state index contributed by atoms with van der Waals surface area (Å²) in [5.41, 5.74) is 0. The molecule has 42 valence electrons. The van der Waals surface area contributed by atoms with Gasteiger partial charge in [-0.3, -0.25) is 0 Å². The molecule has 0 bridgehead atoms. The molecule has 0 saturated carbocycles. The zero-order chi connectivity index (χ0) is 4.41. The molecule has 1 atom stereocenters. The van der Waals surface area contributed by atoms with E-state index in [2.05, 4.69) is 19.1 Å². The number of rotatable bonds is 0. The quantitative estimate of drug-likeness (QED) is 0.425. The van der Waals surface area contributed by atoms with Gasteiger partial charge < -0.3 is 0 Å². The lowest BCUT2D eigenvalue weighted by Crippen LogP contribution is -1.76. The van der Waals surface area contributed by atoms with Crippen LogP contribution in [0, 0.1) is 5.92 Å². The first-order valence-electron chi connectivity index (χ1n) is 2.56. The Morgan fingerprint density at radius 3 is 2.43 bits per heavy atom. The summed E-state index contributed by atoms with van der Waals surface area (Å²) in [6.45, 7) is 2.25. The van der Waals surface area contributed by atoms with E-state index in [9.17, 15) is 0 Å². The van der Waals surface area contributed by atoms with E-state index in [1.807, 2.05) is 0 Å². The van der Waals surface area contributed by atoms with E-state index in [4.69, 9.17) is 0 Å². The van der Waals surface area contributed by atoms with Gasteiger partial charge in [0.15, 0.2) is 0 Å². The highest BCUT2D eigenvalue weighted by molar-refractivity contribution is 7.59. The zero-order valence-electron chi connectivity index (χ0n) is 4.65. The van der Waals surface area contributed by atoms with Crippen LogP contribution in [-0.2, 0) is 0 Å². The van der Waals surface area contributed by atoms with Gasteiger partial charge in [0.1, 0.15) is 0 Å². The van der Waals surface area contributed by atoms with Crippen molar-refractivity contribution in [1.29, 1.82) is 0 Å². The maximum atomic E-state index is 2.28. The molecule has 0 N–H and O–H groups in total. The molecule has 0 fully saturated rings. The van der Waals surface area contributed by atoms with Crippen molar-refractivity contribution in [2.24, 2.45) is 5.92 Å². The predicted molar refractivity (Wildman–Crippen MR) is 37.9 cm³/mol. The van der Waals surface area contributed by atoms with Crippen LogP contribution in [0.2, 0.25) is 0 Å². The zero-order valence-corrected chi connectivity index (χ0v) is 5.65. The second-order valence-electron chi connectivity index (χ2n) is 1.98. The monoisotopic (exact) mass is 116 g/mol. The van der Waals surface area contributed by atoms with E-state index in [1.54, 1.807) is 0 Å². The third-order valence-corrected chi connectivity index (χ3v) is 1.25. The Bertz CT molecular complexity index is 66.6. The molecule has 1 rings (SSSR count). The molecule has 0 radical (unpaired) electrons. The van der Waals surface area contributed by atoms with Crippen LogP contribution in [0.15, 0.2) is 12.2 Å². The maximum Gasteiger partial charge on any atom is -0.0259 e. The van der Waals surface area contributed by atoms with Crippen LogP contribution < -0.4 is 0 Å². The minimum absolute atomic E-state index is 0. The fourth-order valence-corrected chi connectivity index (χ4v) is 0.784. The third-order valence-electron chi connectivity index (χ3n) is 1.25. The van der Waals surface area contributed by atoms with Gasteiger partial charge >= 0.3 is 0 Å². The van der Waals surface area contributed by atoms with Crippen LogP contribution in [0.4, 0.5) is 0 Å². The van der Waals surface area contributed by atoms with Gasteiger partial charge in [0.2, 0.25) is 0 Å². The molecular formula is C6H12S. The SMILES string of the molecule is CC1C=CCC1.S. The van der Waals surface area contributed by atoms with E-state index >= 15 is 0 Å². The van der Waals surface area contributed by atoms with Crippen LogP contribution in [0.1, 0.15) is 19.8 Å². The molecule has 0 heterocycles. The first-order chi connectivity index (χ1) is 2.89. The van der Waals surface area contributed by atoms with Crippen molar-refractivity contribution in [3.63, 3.8) is 0 Å². The Hall–Kier alpha value is 0.0900. The summed E-state index contributed by atoms with van der Waals surface area (Å²) < 4.78 is 0. The largest absolute Gasteiger partial charge is 0.197 e. The smallest absolute Gasteiger partial charge is 0.0259 e. The Balaban J connectivity index is 0.000000360. The summed E-state index contributed by atoms with van der Waals surface area (Å²) in [4.78, 5) is 0. The predicted octanol–water partition coefficient (Wildman–Crippen LogP) is 2.09. The van der Waals surface area contributed by atoms with Crippen LogP contribution in [0.25, 0.3) is 0 Å². The molecule has 1 unspecified atom stereocenters. The maximum absolute atomic E-state index is 2.28. The van der Waals surface area contributed by atoms with Crippen molar-refractivity contribution < 1.29 is 0 Å². The molecule has 0 amide bonds. The highest BCUT2D eigenvalue weighted by atomic mass is 32.1. The van der Waals surface area contributed by atoms with Crippen LogP contribution in [0.3, 0.4) is 0 Å². The van der Waals surface area contributed by atoms with Crippen molar-refractivity contribution in [1.82, 2.24) is 0 Å². The minimum Gasteiger partial charge on any atom is -0.197 e. The second-order valence-corrected chi connectivity index (χ2v) is 1.98. The van der Waals surface area contributed by atoms with Gasteiger partial charge in [-0.05, 0) is 18.8 Å². The highest BCUT2D eigenvalue weighted by Gasteiger charge is 1.98. The molecule has 0 aromatic carbocycles. The van der Waals surface area contributed by atoms with Crippen molar-refractivity contribution in [2.45, 2.75) is 19.8 Å². The molecule has 1 aliphatic rings. The molecule has 1 heteroatoms. The van der Waals surface area contributed by atoms with Gasteiger partial charge in [-0.1, -0.05) is 19.1 Å². The lowest BCUT2D eigenvalue weighted by atomic mass is 10.2. The molecule has 0 aromatic rings. The van der Waals surface area contributed by atoms with Gasteiger partial charge in [-0.15, -0.1) is 0 Å². The molecule has 0 spiro atoms. The molecule has 7 heavy (non-hydrogen) atoms. The lowest BCUT2D eigenvalue weighted by Gasteiger charge is -1.89. The summed E-state index contributed by atoms with van der Waals surface area (Å²) in [7, 11) is 0. The lowest BCUT2D eigenvalue weighted by molar-refractivity contribution is 0.701. The van der Waals surface area contributed by atoms with E-state index in [-0.39, 0.29) is 13.5 Å². The van der Waals surface area contributed by atoms with Gasteiger partial charge in [0.25, 0.3) is 0 Å². The number of hydrogen-bond acceptors (Lipinski definition) is 0. The average molecular weight is 116 g/mol. The topological polar surface area (TPSA) is 0 Å². The number of hydrogen-bond donors (Lipinski definition) is 0. The van der Waals surface area contributed by atoms with Crippen molar-refractivity contribution in [3.8, 4) is 0 Å². The van der Waals surface area contributed by atoms with Gasteiger partial charge in [-0.25, -0.2) is 0 Å². The standard InChI is InChI=1S/C6H10.H2S/c1-6-4-2-3-5-6;/h2,4,6H,3,5H2,1H3;1H2. The fraction of sp³-hybridized carbons (Fsp3) is 0.667. The normalized spacial score (nSPS) is 27.3. The second kappa shape index (κ2) is 3.14. The number of allylic oxidation sites excluding steroid dienone is 2. The summed E-state index contributed by atoms with van der Waals surface area (Å²) >= 11 is 0. The van der Waals surface area contributed by atoms with Gasteiger partial charge in [0.05, 0.1) is 0 Å². The van der Waals surface area contributed by atoms with Crippen molar-refractivity contribution in [2.75, 3.05) is 0 Å². The first kappa shape index (κ1) is 7.09. The Morgan fingerprint density at radius 1 is 1.57 bits per heavy atom. The van der Waals surface area contributed by atoms with E-state index < -0.39 is 0 Å². The molecule has 1 aliphatic carbocycles. The van der Waals surface area contributed by atoms with E-state index in [0.717, 1.165) is 5.92 Å². The first-order valence-corrected chi connectivity index (χ1v) is 2.56. The minimum atomic E-state index is 0. The highest BCUT2D eigenvalue weighted by Crippen LogP contribution is 2.14. The summed E-state index contributed by atoms with van der Waals surface area (Å²) in [5, 5.41) is 0. The fourth-order valence-electron chi connectivity index (χ4n) is 0.784. The average Bonchev–Trinajstić information content (AvgIpc) is 1.86. The summed E-state index contributed by atoms with van der Waals surface area (Å²) in [6, 6.07) is 0. The molecular weight excluding hydrogens is 104 g/mol. The van der Waals surface area contributed by atoms with Gasteiger partial charge in [-0.2, -0.15) is 13.5 Å². The third kappa shape index (κ3) is 2.03. The molecule has 0 nitrogen and oxygen atoms in total. The van der Waals surface area contributed by atoms with E-state index in [0.29, 0.717) is 0 Å². The Kier molecular flexibility index (Phi) is 3.18. The van der Waals surface area contributed by atoms with Crippen molar-refractivity contribution >= 4 is 13.5 Å². The van der Waals surface area contributed by atoms with Crippen LogP contribution in [-0.4, -0.2) is 0 Å². The Labute approximate surface area is 52.1 Å². The molecule has 0 aliphatic heterocycles. The summed E-state index contributed by atoms with van der Waals surface area (Å²) in [5.74, 6) is 0.866. The molecule has 0 saturated heterocycles. The summed E-state index contributed by atoms with van der Waals surface area (Å²) in [6.07, 6.45) is 7.21. The van der Waals surface area contributed by atoms with Crippen LogP contribution >= 0.6 is 13.5 Å². The van der Waals surface area contributed by atoms with E-state index in [1.165, 1.54) is 12.8 Å². The Morgan fingerprint density at radius 2 is 2.29 bits per heavy atom. The van der Waals surface area contributed by atoms with Gasteiger partial charge in [0, 0.05) is 0 Å². The van der Waals surface area contributed by atoms with Crippen molar-refractivity contribution in [3.05, 3.63) is 12.2 Å².